The Bertz CT molecular complexity index is 636. The van der Waals surface area contributed by atoms with Crippen LogP contribution in [-0.2, 0) is 22.0 Å². The molecule has 1 unspecified atom stereocenters. The molecule has 0 fully saturated rings. The zero-order chi connectivity index (χ0) is 13.9. The topological polar surface area (TPSA) is 73.0 Å². The highest BCUT2D eigenvalue weighted by atomic mass is 32.2. The maximum Gasteiger partial charge on any atom is 0.153 e. The number of hydrogen-bond acceptors (Lipinski definition) is 5. The van der Waals surface area contributed by atoms with E-state index in [0.29, 0.717) is 11.4 Å². The van der Waals surface area contributed by atoms with E-state index in [2.05, 4.69) is 4.98 Å². The van der Waals surface area contributed by atoms with E-state index < -0.39 is 9.84 Å². The van der Waals surface area contributed by atoms with E-state index in [0.717, 1.165) is 11.3 Å². The smallest absolute Gasteiger partial charge is 0.153 e. The molecule has 0 spiro atoms. The van der Waals surface area contributed by atoms with Crippen LogP contribution in [0.25, 0.3) is 0 Å². The van der Waals surface area contributed by atoms with Crippen molar-refractivity contribution in [2.45, 2.75) is 18.2 Å². The maximum atomic E-state index is 11.2. The quantitative estimate of drug-likeness (QED) is 0.915. The Morgan fingerprint density at radius 3 is 2.63 bits per heavy atom. The summed E-state index contributed by atoms with van der Waals surface area (Å²) < 4.78 is 22.4. The number of nitrogens with two attached hydrogens (primary N) is 1. The lowest BCUT2D eigenvalue weighted by Crippen LogP contribution is -2.13. The second-order valence-corrected chi connectivity index (χ2v) is 7.61. The predicted molar refractivity (Wildman–Crippen MR) is 77.7 cm³/mol. The van der Waals surface area contributed by atoms with E-state index in [1.165, 1.54) is 17.6 Å². The van der Waals surface area contributed by atoms with E-state index in [1.54, 1.807) is 0 Å². The summed E-state index contributed by atoms with van der Waals surface area (Å²) in [5.41, 5.74) is 8.01. The van der Waals surface area contributed by atoms with Gasteiger partial charge in [-0.3, -0.25) is 0 Å². The standard InChI is InChI=1S/C13H16N2O2S2/c1-19(16,17)9-13-15-11(8-18-13)7-12(14)10-5-3-2-4-6-10/h2-6,8,12H,7,9,14H2,1H3. The van der Waals surface area contributed by atoms with Crippen LogP contribution in [0.3, 0.4) is 0 Å². The lowest BCUT2D eigenvalue weighted by atomic mass is 10.0. The lowest BCUT2D eigenvalue weighted by Gasteiger charge is -2.09. The summed E-state index contributed by atoms with van der Waals surface area (Å²) in [4.78, 5) is 4.32. The van der Waals surface area contributed by atoms with Crippen LogP contribution in [0.15, 0.2) is 35.7 Å². The summed E-state index contributed by atoms with van der Waals surface area (Å²) in [5, 5.41) is 2.50. The third-order valence-corrected chi connectivity index (χ3v) is 4.52. The zero-order valence-corrected chi connectivity index (χ0v) is 12.2. The molecule has 0 aliphatic rings. The van der Waals surface area contributed by atoms with Crippen molar-refractivity contribution in [3.63, 3.8) is 0 Å². The first kappa shape index (κ1) is 14.2. The van der Waals surface area contributed by atoms with Crippen LogP contribution in [0.4, 0.5) is 0 Å². The minimum absolute atomic E-state index is 0.00174. The number of hydrogen-bond donors (Lipinski definition) is 1. The molecule has 0 aliphatic heterocycles. The van der Waals surface area contributed by atoms with Gasteiger partial charge in [-0.05, 0) is 5.56 Å². The molecule has 1 aromatic carbocycles. The highest BCUT2D eigenvalue weighted by Crippen LogP contribution is 2.18. The van der Waals surface area contributed by atoms with Gasteiger partial charge in [0.1, 0.15) is 10.8 Å². The minimum Gasteiger partial charge on any atom is -0.324 e. The number of nitrogens with zero attached hydrogens (tertiary/aromatic N) is 1. The van der Waals surface area contributed by atoms with E-state index in [1.807, 2.05) is 35.7 Å². The van der Waals surface area contributed by atoms with Crippen LogP contribution < -0.4 is 5.73 Å². The number of thiazole rings is 1. The first-order valence-electron chi connectivity index (χ1n) is 5.85. The fraction of sp³-hybridized carbons (Fsp3) is 0.308. The van der Waals surface area contributed by atoms with Crippen LogP contribution in [-0.4, -0.2) is 19.7 Å². The van der Waals surface area contributed by atoms with E-state index in [9.17, 15) is 8.42 Å². The largest absolute Gasteiger partial charge is 0.324 e. The van der Waals surface area contributed by atoms with Gasteiger partial charge in [0.25, 0.3) is 0 Å². The molecule has 0 radical (unpaired) electrons. The number of aromatic nitrogens is 1. The van der Waals surface area contributed by atoms with Gasteiger partial charge in [-0.15, -0.1) is 11.3 Å². The van der Waals surface area contributed by atoms with Crippen molar-refractivity contribution >= 4 is 21.2 Å². The van der Waals surface area contributed by atoms with Gasteiger partial charge in [-0.25, -0.2) is 13.4 Å². The molecule has 19 heavy (non-hydrogen) atoms. The van der Waals surface area contributed by atoms with Crippen LogP contribution in [0, 0.1) is 0 Å². The maximum absolute atomic E-state index is 11.2. The molecule has 4 nitrogen and oxygen atoms in total. The zero-order valence-electron chi connectivity index (χ0n) is 10.6. The Morgan fingerprint density at radius 2 is 2.00 bits per heavy atom. The Kier molecular flexibility index (Phi) is 4.34. The second kappa shape index (κ2) is 5.81. The molecule has 1 atom stereocenters. The molecule has 0 saturated carbocycles. The summed E-state index contributed by atoms with van der Waals surface area (Å²) in [6.07, 6.45) is 1.83. The van der Waals surface area contributed by atoms with Gasteiger partial charge in [0, 0.05) is 24.1 Å². The van der Waals surface area contributed by atoms with Crippen molar-refractivity contribution < 1.29 is 8.42 Å². The summed E-state index contributed by atoms with van der Waals surface area (Å²) in [5.74, 6) is -0.00174. The van der Waals surface area contributed by atoms with Crippen molar-refractivity contribution in [3.05, 3.63) is 52.0 Å². The van der Waals surface area contributed by atoms with Crippen LogP contribution in [0.5, 0.6) is 0 Å². The first-order chi connectivity index (χ1) is 8.94. The van der Waals surface area contributed by atoms with Crippen molar-refractivity contribution in [2.75, 3.05) is 6.26 Å². The van der Waals surface area contributed by atoms with Crippen molar-refractivity contribution in [3.8, 4) is 0 Å². The second-order valence-electron chi connectivity index (χ2n) is 4.52. The fourth-order valence-electron chi connectivity index (χ4n) is 1.78. The van der Waals surface area contributed by atoms with Gasteiger partial charge in [-0.1, -0.05) is 30.3 Å². The van der Waals surface area contributed by atoms with Crippen LogP contribution in [0.2, 0.25) is 0 Å². The van der Waals surface area contributed by atoms with Gasteiger partial charge in [0.2, 0.25) is 0 Å². The van der Waals surface area contributed by atoms with Crippen molar-refractivity contribution in [1.82, 2.24) is 4.98 Å². The number of sulfone groups is 1. The van der Waals surface area contributed by atoms with Crippen LogP contribution >= 0.6 is 11.3 Å². The Balaban J connectivity index is 2.04. The Labute approximate surface area is 117 Å². The summed E-state index contributed by atoms with van der Waals surface area (Å²) in [6, 6.07) is 9.69. The molecule has 2 aromatic rings. The molecular weight excluding hydrogens is 280 g/mol. The minimum atomic E-state index is -3.03. The van der Waals surface area contributed by atoms with E-state index >= 15 is 0 Å². The Morgan fingerprint density at radius 1 is 1.32 bits per heavy atom. The third kappa shape index (κ3) is 4.41. The summed E-state index contributed by atoms with van der Waals surface area (Å²) in [7, 11) is -3.03. The molecule has 2 rings (SSSR count). The predicted octanol–water partition coefficient (Wildman–Crippen LogP) is 1.93. The molecule has 2 N–H and O–H groups in total. The van der Waals surface area contributed by atoms with Gasteiger partial charge in [0.15, 0.2) is 9.84 Å². The van der Waals surface area contributed by atoms with E-state index in [4.69, 9.17) is 5.73 Å². The number of benzene rings is 1. The van der Waals surface area contributed by atoms with E-state index in [-0.39, 0.29) is 11.8 Å². The third-order valence-electron chi connectivity index (χ3n) is 2.64. The molecule has 1 heterocycles. The first-order valence-corrected chi connectivity index (χ1v) is 8.79. The molecule has 0 bridgehead atoms. The molecule has 0 saturated heterocycles. The molecule has 102 valence electrons. The van der Waals surface area contributed by atoms with Gasteiger partial charge >= 0.3 is 0 Å². The monoisotopic (exact) mass is 296 g/mol. The molecule has 1 aromatic heterocycles. The summed E-state index contributed by atoms with van der Waals surface area (Å²) in [6.45, 7) is 0. The van der Waals surface area contributed by atoms with Crippen LogP contribution in [0.1, 0.15) is 22.3 Å². The average molecular weight is 296 g/mol. The van der Waals surface area contributed by atoms with Gasteiger partial charge < -0.3 is 5.73 Å². The SMILES string of the molecule is CS(=O)(=O)Cc1nc(CC(N)c2ccccc2)cs1. The van der Waals surface area contributed by atoms with Gasteiger partial charge in [0.05, 0.1) is 5.69 Å². The highest BCUT2D eigenvalue weighted by Gasteiger charge is 2.12. The molecule has 0 amide bonds. The molecule has 0 aliphatic carbocycles. The average Bonchev–Trinajstić information content (AvgIpc) is 2.75. The highest BCUT2D eigenvalue weighted by molar-refractivity contribution is 7.90. The lowest BCUT2D eigenvalue weighted by molar-refractivity contribution is 0.601. The normalized spacial score (nSPS) is 13.4. The Hall–Kier alpha value is -1.24. The van der Waals surface area contributed by atoms with Gasteiger partial charge in [-0.2, -0.15) is 0 Å². The van der Waals surface area contributed by atoms with Crippen molar-refractivity contribution in [2.24, 2.45) is 5.73 Å². The molecule has 6 heteroatoms. The molecular formula is C13H16N2O2S2. The number of rotatable bonds is 5. The van der Waals surface area contributed by atoms with Crippen molar-refractivity contribution in [1.29, 1.82) is 0 Å². The summed E-state index contributed by atoms with van der Waals surface area (Å²) >= 11 is 1.37. The fourth-order valence-corrected chi connectivity index (χ4v) is 3.80.